The van der Waals surface area contributed by atoms with Crippen molar-refractivity contribution in [3.05, 3.63) is 120 Å². The molecule has 4 nitrogen and oxygen atoms in total. The van der Waals surface area contributed by atoms with E-state index in [0.29, 0.717) is 0 Å². The van der Waals surface area contributed by atoms with Crippen LogP contribution in [0.1, 0.15) is 28.7 Å². The Morgan fingerprint density at radius 3 is 2.30 bits per heavy atom. The predicted octanol–water partition coefficient (Wildman–Crippen LogP) is 6.78. The van der Waals surface area contributed by atoms with Crippen molar-refractivity contribution in [3.8, 4) is 5.69 Å². The second kappa shape index (κ2) is 6.84. The molecular formula is C29H22N4. The molecule has 158 valence electrons. The van der Waals surface area contributed by atoms with Gasteiger partial charge in [-0.3, -0.25) is 0 Å². The molecule has 0 bridgehead atoms. The van der Waals surface area contributed by atoms with Crippen LogP contribution in [-0.4, -0.2) is 9.78 Å². The van der Waals surface area contributed by atoms with Crippen LogP contribution in [0.15, 0.2) is 97.1 Å². The summed E-state index contributed by atoms with van der Waals surface area (Å²) in [6.07, 6.45) is 2.25. The number of hydrogen-bond acceptors (Lipinski definition) is 3. The lowest BCUT2D eigenvalue weighted by atomic mass is 9.93. The van der Waals surface area contributed by atoms with Gasteiger partial charge in [0, 0.05) is 16.6 Å². The lowest BCUT2D eigenvalue weighted by Gasteiger charge is -2.43. The average molecular weight is 427 g/mol. The van der Waals surface area contributed by atoms with Crippen LogP contribution >= 0.6 is 0 Å². The summed E-state index contributed by atoms with van der Waals surface area (Å²) in [7, 11) is 0. The van der Waals surface area contributed by atoms with Crippen LogP contribution in [0, 0.1) is 6.92 Å². The Balaban J connectivity index is 1.55. The fraction of sp³-hybridized carbons (Fsp3) is 0.0690. The van der Waals surface area contributed by atoms with Crippen molar-refractivity contribution in [1.29, 1.82) is 0 Å². The number of aromatic nitrogens is 2. The zero-order valence-corrected chi connectivity index (χ0v) is 18.2. The van der Waals surface area contributed by atoms with Crippen molar-refractivity contribution in [3.63, 3.8) is 0 Å². The van der Waals surface area contributed by atoms with Gasteiger partial charge in [0.25, 0.3) is 0 Å². The van der Waals surface area contributed by atoms with E-state index in [9.17, 15) is 0 Å². The molecule has 4 heteroatoms. The second-order valence-electron chi connectivity index (χ2n) is 8.62. The molecule has 1 atom stereocenters. The van der Waals surface area contributed by atoms with E-state index in [2.05, 4.69) is 119 Å². The fourth-order valence-corrected chi connectivity index (χ4v) is 5.29. The van der Waals surface area contributed by atoms with E-state index in [1.807, 2.05) is 6.07 Å². The minimum absolute atomic E-state index is 0.0434. The summed E-state index contributed by atoms with van der Waals surface area (Å²) >= 11 is 0. The van der Waals surface area contributed by atoms with Gasteiger partial charge in [0.1, 0.15) is 6.17 Å². The van der Waals surface area contributed by atoms with E-state index < -0.39 is 0 Å². The molecule has 2 aliphatic rings. The SMILES string of the molecule is Cc1nn(-c2ccccc2)c2c1C1Nc3cccc4cccc(c34)N1C(c1ccccc1)=C2. The summed E-state index contributed by atoms with van der Waals surface area (Å²) in [4.78, 5) is 2.44. The van der Waals surface area contributed by atoms with E-state index in [1.165, 1.54) is 33.3 Å². The summed E-state index contributed by atoms with van der Waals surface area (Å²) in [5, 5.41) is 11.3. The first-order chi connectivity index (χ1) is 16.3. The Hall–Kier alpha value is -4.31. The van der Waals surface area contributed by atoms with Gasteiger partial charge in [0.05, 0.1) is 28.5 Å². The van der Waals surface area contributed by atoms with Crippen molar-refractivity contribution in [2.75, 3.05) is 10.2 Å². The van der Waals surface area contributed by atoms with Gasteiger partial charge in [-0.1, -0.05) is 72.8 Å². The smallest absolute Gasteiger partial charge is 0.134 e. The number of nitrogens with zero attached hydrogens (tertiary/aromatic N) is 3. The van der Waals surface area contributed by atoms with Gasteiger partial charge in [-0.05, 0) is 48.2 Å². The third-order valence-corrected chi connectivity index (χ3v) is 6.71. The molecular weight excluding hydrogens is 404 g/mol. The Morgan fingerprint density at radius 2 is 1.52 bits per heavy atom. The molecule has 0 aliphatic carbocycles. The molecule has 4 aromatic carbocycles. The van der Waals surface area contributed by atoms with Crippen molar-refractivity contribution in [1.82, 2.24) is 9.78 Å². The van der Waals surface area contributed by atoms with Crippen LogP contribution < -0.4 is 10.2 Å². The summed E-state index contributed by atoms with van der Waals surface area (Å²) in [6, 6.07) is 34.1. The second-order valence-corrected chi connectivity index (χ2v) is 8.62. The quantitative estimate of drug-likeness (QED) is 0.338. The normalized spacial score (nSPS) is 16.1. The van der Waals surface area contributed by atoms with Crippen LogP contribution in [0.25, 0.3) is 28.2 Å². The third-order valence-electron chi connectivity index (χ3n) is 6.71. The number of para-hydroxylation sites is 1. The first-order valence-corrected chi connectivity index (χ1v) is 11.3. The fourth-order valence-electron chi connectivity index (χ4n) is 5.29. The topological polar surface area (TPSA) is 33.1 Å². The van der Waals surface area contributed by atoms with Gasteiger partial charge in [-0.25, -0.2) is 4.68 Å². The molecule has 0 spiro atoms. The highest BCUT2D eigenvalue weighted by Crippen LogP contribution is 2.50. The van der Waals surface area contributed by atoms with E-state index >= 15 is 0 Å². The summed E-state index contributed by atoms with van der Waals surface area (Å²) < 4.78 is 2.08. The number of fused-ring (bicyclic) bond motifs is 4. The summed E-state index contributed by atoms with van der Waals surface area (Å²) in [6.45, 7) is 2.11. The van der Waals surface area contributed by atoms with Crippen molar-refractivity contribution < 1.29 is 0 Å². The molecule has 33 heavy (non-hydrogen) atoms. The van der Waals surface area contributed by atoms with Crippen LogP contribution in [0.3, 0.4) is 0 Å². The molecule has 0 radical (unpaired) electrons. The zero-order valence-electron chi connectivity index (χ0n) is 18.2. The standard InChI is InChI=1S/C29H22N4/c1-19-27-26(33(31-19)22-14-6-3-7-15-22)18-25(20-10-4-2-5-11-20)32-24-17-9-13-21-12-8-16-23(28(21)24)30-29(27)32/h2-18,29-30H,1H3. The third kappa shape index (κ3) is 2.61. The van der Waals surface area contributed by atoms with Gasteiger partial charge < -0.3 is 10.2 Å². The summed E-state index contributed by atoms with van der Waals surface area (Å²) in [5.74, 6) is 0. The van der Waals surface area contributed by atoms with Gasteiger partial charge in [-0.2, -0.15) is 5.10 Å². The molecule has 0 saturated heterocycles. The van der Waals surface area contributed by atoms with Gasteiger partial charge >= 0.3 is 0 Å². The van der Waals surface area contributed by atoms with Gasteiger partial charge in [0.15, 0.2) is 0 Å². The summed E-state index contributed by atoms with van der Waals surface area (Å²) in [5.41, 5.74) is 9.17. The number of rotatable bonds is 2. The Kier molecular flexibility index (Phi) is 3.79. The molecule has 0 saturated carbocycles. The van der Waals surface area contributed by atoms with Crippen molar-refractivity contribution in [2.24, 2.45) is 0 Å². The maximum absolute atomic E-state index is 4.99. The van der Waals surface area contributed by atoms with Gasteiger partial charge in [0.2, 0.25) is 0 Å². The predicted molar refractivity (Wildman–Crippen MR) is 135 cm³/mol. The maximum Gasteiger partial charge on any atom is 0.134 e. The number of aryl methyl sites for hydroxylation is 1. The van der Waals surface area contributed by atoms with Gasteiger partial charge in [-0.15, -0.1) is 0 Å². The van der Waals surface area contributed by atoms with E-state index in [0.717, 1.165) is 22.8 Å². The lowest BCUT2D eigenvalue weighted by molar-refractivity contribution is 0.773. The maximum atomic E-state index is 4.99. The highest BCUT2D eigenvalue weighted by atomic mass is 15.3. The Bertz CT molecular complexity index is 1540. The van der Waals surface area contributed by atoms with Crippen molar-refractivity contribution >= 4 is 33.9 Å². The van der Waals surface area contributed by atoms with Crippen LogP contribution in [0.2, 0.25) is 0 Å². The first kappa shape index (κ1) is 18.3. The molecule has 2 aliphatic heterocycles. The lowest BCUT2D eigenvalue weighted by Crippen LogP contribution is -2.38. The number of nitrogens with one attached hydrogen (secondary N) is 1. The van der Waals surface area contributed by atoms with Crippen molar-refractivity contribution in [2.45, 2.75) is 13.1 Å². The molecule has 0 fully saturated rings. The highest BCUT2D eigenvalue weighted by Gasteiger charge is 2.38. The minimum Gasteiger partial charge on any atom is -0.360 e. The molecule has 1 aromatic heterocycles. The Labute approximate surface area is 192 Å². The molecule has 1 unspecified atom stereocenters. The number of benzene rings is 4. The van der Waals surface area contributed by atoms with Crippen LogP contribution in [-0.2, 0) is 0 Å². The monoisotopic (exact) mass is 426 g/mol. The molecule has 7 rings (SSSR count). The minimum atomic E-state index is -0.0434. The number of hydrogen-bond donors (Lipinski definition) is 1. The first-order valence-electron chi connectivity index (χ1n) is 11.3. The zero-order chi connectivity index (χ0) is 21.9. The number of anilines is 2. The molecule has 1 N–H and O–H groups in total. The van der Waals surface area contributed by atoms with Crippen LogP contribution in [0.4, 0.5) is 11.4 Å². The Morgan fingerprint density at radius 1 is 0.788 bits per heavy atom. The molecule has 0 amide bonds. The van der Waals surface area contributed by atoms with Crippen LogP contribution in [0.5, 0.6) is 0 Å². The highest BCUT2D eigenvalue weighted by molar-refractivity contribution is 6.10. The largest absolute Gasteiger partial charge is 0.360 e. The molecule has 5 aromatic rings. The average Bonchev–Trinajstić information content (AvgIpc) is 3.21. The molecule has 3 heterocycles. The van der Waals surface area contributed by atoms with E-state index in [1.54, 1.807) is 0 Å². The van der Waals surface area contributed by atoms with E-state index in [4.69, 9.17) is 5.10 Å². The van der Waals surface area contributed by atoms with E-state index in [-0.39, 0.29) is 6.17 Å².